The Bertz CT molecular complexity index is 474. The van der Waals surface area contributed by atoms with Gasteiger partial charge in [-0.3, -0.25) is 4.79 Å². The summed E-state index contributed by atoms with van der Waals surface area (Å²) in [6, 6.07) is 0. The zero-order chi connectivity index (χ0) is 22.2. The first-order chi connectivity index (χ1) is 14.3. The zero-order valence-corrected chi connectivity index (χ0v) is 19.1. The molecule has 9 heteroatoms. The van der Waals surface area contributed by atoms with Crippen LogP contribution < -0.4 is 5.32 Å². The second-order valence-corrected chi connectivity index (χ2v) is 8.29. The van der Waals surface area contributed by atoms with Crippen LogP contribution in [0.2, 0.25) is 0 Å². The molecule has 0 atom stereocenters. The van der Waals surface area contributed by atoms with Crippen LogP contribution in [0.4, 0.5) is 4.79 Å². The van der Waals surface area contributed by atoms with Crippen molar-refractivity contribution < 1.29 is 33.3 Å². The van der Waals surface area contributed by atoms with Crippen LogP contribution >= 0.6 is 0 Å². The van der Waals surface area contributed by atoms with Gasteiger partial charge in [0.25, 0.3) is 0 Å². The number of likely N-dealkylation sites (tertiary alicyclic amines) is 1. The highest BCUT2D eigenvalue weighted by atomic mass is 16.6. The van der Waals surface area contributed by atoms with Gasteiger partial charge < -0.3 is 33.9 Å². The molecule has 1 N–H and O–H groups in total. The summed E-state index contributed by atoms with van der Waals surface area (Å²) in [4.78, 5) is 25.8. The molecule has 0 aliphatic carbocycles. The van der Waals surface area contributed by atoms with Gasteiger partial charge in [-0.1, -0.05) is 0 Å². The van der Waals surface area contributed by atoms with E-state index in [9.17, 15) is 9.59 Å². The van der Waals surface area contributed by atoms with Crippen molar-refractivity contribution in [2.75, 3.05) is 73.0 Å². The molecule has 30 heavy (non-hydrogen) atoms. The number of nitrogens with one attached hydrogen (secondary N) is 1. The van der Waals surface area contributed by atoms with Crippen molar-refractivity contribution >= 4 is 12.0 Å². The van der Waals surface area contributed by atoms with Crippen LogP contribution in [0.1, 0.15) is 40.0 Å². The van der Waals surface area contributed by atoms with E-state index in [1.807, 2.05) is 20.8 Å². The topological polar surface area (TPSA) is 95.6 Å². The highest BCUT2D eigenvalue weighted by Crippen LogP contribution is 2.19. The standard InChI is InChI=1S/C21H40N2O7/c1-21(2,3)30-20(25)23-8-5-18(6-9-23)17-22-19(24)7-10-27-13-14-29-16-15-28-12-11-26-4/h18H,5-17H2,1-4H3,(H,22,24). The summed E-state index contributed by atoms with van der Waals surface area (Å²) in [5.74, 6) is 0.366. The van der Waals surface area contributed by atoms with Crippen molar-refractivity contribution in [3.05, 3.63) is 0 Å². The number of hydrogen-bond donors (Lipinski definition) is 1. The fraction of sp³-hybridized carbons (Fsp3) is 0.905. The van der Waals surface area contributed by atoms with Gasteiger partial charge >= 0.3 is 6.09 Å². The summed E-state index contributed by atoms with van der Waals surface area (Å²) in [6.07, 6.45) is 1.80. The Balaban J connectivity index is 1.96. The number of methoxy groups -OCH3 is 1. The molecule has 0 spiro atoms. The van der Waals surface area contributed by atoms with Crippen LogP contribution in [0, 0.1) is 5.92 Å². The molecule has 0 unspecified atom stereocenters. The van der Waals surface area contributed by atoms with E-state index in [4.69, 9.17) is 23.7 Å². The van der Waals surface area contributed by atoms with Crippen LogP contribution in [-0.2, 0) is 28.5 Å². The van der Waals surface area contributed by atoms with Crippen LogP contribution in [0.5, 0.6) is 0 Å². The van der Waals surface area contributed by atoms with E-state index in [0.717, 1.165) is 12.8 Å². The SMILES string of the molecule is COCCOCCOCCOCCC(=O)NCC1CCN(C(=O)OC(C)(C)C)CC1. The fourth-order valence-electron chi connectivity index (χ4n) is 2.84. The summed E-state index contributed by atoms with van der Waals surface area (Å²) in [7, 11) is 1.63. The molecule has 2 amide bonds. The maximum absolute atomic E-state index is 12.1. The van der Waals surface area contributed by atoms with E-state index >= 15 is 0 Å². The lowest BCUT2D eigenvalue weighted by Crippen LogP contribution is -2.43. The third-order valence-corrected chi connectivity index (χ3v) is 4.50. The van der Waals surface area contributed by atoms with Crippen LogP contribution in [0.25, 0.3) is 0 Å². The minimum Gasteiger partial charge on any atom is -0.444 e. The number of nitrogens with zero attached hydrogens (tertiary/aromatic N) is 1. The van der Waals surface area contributed by atoms with Gasteiger partial charge in [-0.25, -0.2) is 4.79 Å². The lowest BCUT2D eigenvalue weighted by atomic mass is 9.97. The Hall–Kier alpha value is -1.42. The van der Waals surface area contributed by atoms with Crippen molar-refractivity contribution in [2.24, 2.45) is 5.92 Å². The maximum Gasteiger partial charge on any atom is 0.410 e. The number of ether oxygens (including phenoxy) is 5. The predicted octanol–water partition coefficient (Wildman–Crippen LogP) is 1.84. The Kier molecular flexibility index (Phi) is 13.7. The number of hydrogen-bond acceptors (Lipinski definition) is 7. The second-order valence-electron chi connectivity index (χ2n) is 8.29. The molecular formula is C21H40N2O7. The predicted molar refractivity (Wildman–Crippen MR) is 112 cm³/mol. The second kappa shape index (κ2) is 15.4. The van der Waals surface area contributed by atoms with Crippen molar-refractivity contribution in [3.63, 3.8) is 0 Å². The van der Waals surface area contributed by atoms with E-state index in [0.29, 0.717) is 78.2 Å². The molecule has 1 heterocycles. The van der Waals surface area contributed by atoms with E-state index in [2.05, 4.69) is 5.32 Å². The fourth-order valence-corrected chi connectivity index (χ4v) is 2.84. The van der Waals surface area contributed by atoms with Gasteiger partial charge in [-0.05, 0) is 39.5 Å². The molecule has 1 rings (SSSR count). The quantitative estimate of drug-likeness (QED) is 0.419. The number of carbonyl (C=O) groups is 2. The molecule has 0 aromatic heterocycles. The van der Waals surface area contributed by atoms with Gasteiger partial charge in [0.05, 0.1) is 46.2 Å². The van der Waals surface area contributed by atoms with Crippen LogP contribution in [0.3, 0.4) is 0 Å². The molecule has 176 valence electrons. The Morgan fingerprint density at radius 3 is 1.97 bits per heavy atom. The van der Waals surface area contributed by atoms with Gasteiger partial charge in [0, 0.05) is 33.2 Å². The van der Waals surface area contributed by atoms with E-state index in [1.165, 1.54) is 0 Å². The molecule has 0 aromatic carbocycles. The Labute approximate surface area is 180 Å². The molecule has 0 aromatic rings. The van der Waals surface area contributed by atoms with Crippen molar-refractivity contribution in [3.8, 4) is 0 Å². The molecule has 9 nitrogen and oxygen atoms in total. The van der Waals surface area contributed by atoms with Crippen molar-refractivity contribution in [1.29, 1.82) is 0 Å². The van der Waals surface area contributed by atoms with Gasteiger partial charge in [0.1, 0.15) is 5.60 Å². The first-order valence-electron chi connectivity index (χ1n) is 10.8. The number of amides is 2. The van der Waals surface area contributed by atoms with Gasteiger partial charge in [0.15, 0.2) is 0 Å². The summed E-state index contributed by atoms with van der Waals surface area (Å²) < 4.78 is 26.3. The smallest absolute Gasteiger partial charge is 0.410 e. The summed E-state index contributed by atoms with van der Waals surface area (Å²) in [6.45, 7) is 11.0. The van der Waals surface area contributed by atoms with E-state index in [1.54, 1.807) is 12.0 Å². The first-order valence-corrected chi connectivity index (χ1v) is 10.8. The Morgan fingerprint density at radius 1 is 0.900 bits per heavy atom. The first kappa shape index (κ1) is 26.6. The minimum atomic E-state index is -0.478. The number of piperidine rings is 1. The van der Waals surface area contributed by atoms with E-state index < -0.39 is 5.60 Å². The highest BCUT2D eigenvalue weighted by Gasteiger charge is 2.26. The summed E-state index contributed by atoms with van der Waals surface area (Å²) in [5, 5.41) is 2.96. The Morgan fingerprint density at radius 2 is 1.43 bits per heavy atom. The number of carbonyl (C=O) groups excluding carboxylic acids is 2. The molecule has 0 saturated carbocycles. The van der Waals surface area contributed by atoms with Crippen LogP contribution in [0.15, 0.2) is 0 Å². The summed E-state index contributed by atoms with van der Waals surface area (Å²) >= 11 is 0. The van der Waals surface area contributed by atoms with Gasteiger partial charge in [0.2, 0.25) is 5.91 Å². The average Bonchev–Trinajstić information content (AvgIpc) is 2.69. The molecule has 0 bridgehead atoms. The molecular weight excluding hydrogens is 392 g/mol. The largest absolute Gasteiger partial charge is 0.444 e. The molecule has 1 saturated heterocycles. The maximum atomic E-state index is 12.1. The normalized spacial score (nSPS) is 15.3. The van der Waals surface area contributed by atoms with Crippen LogP contribution in [-0.4, -0.2) is 95.5 Å². The monoisotopic (exact) mass is 432 g/mol. The number of rotatable bonds is 14. The molecule has 1 aliphatic heterocycles. The third-order valence-electron chi connectivity index (χ3n) is 4.50. The molecule has 0 radical (unpaired) electrons. The average molecular weight is 433 g/mol. The minimum absolute atomic E-state index is 0.0166. The third kappa shape index (κ3) is 13.7. The van der Waals surface area contributed by atoms with Crippen molar-refractivity contribution in [2.45, 2.75) is 45.6 Å². The summed E-state index contributed by atoms with van der Waals surface area (Å²) in [5.41, 5.74) is -0.478. The molecule has 1 fully saturated rings. The van der Waals surface area contributed by atoms with Gasteiger partial charge in [-0.2, -0.15) is 0 Å². The van der Waals surface area contributed by atoms with E-state index in [-0.39, 0.29) is 12.0 Å². The zero-order valence-electron chi connectivity index (χ0n) is 19.1. The lowest BCUT2D eigenvalue weighted by Gasteiger charge is -2.33. The highest BCUT2D eigenvalue weighted by molar-refractivity contribution is 5.75. The van der Waals surface area contributed by atoms with Crippen molar-refractivity contribution in [1.82, 2.24) is 10.2 Å². The lowest BCUT2D eigenvalue weighted by molar-refractivity contribution is -0.122. The van der Waals surface area contributed by atoms with Gasteiger partial charge in [-0.15, -0.1) is 0 Å². The molecule has 1 aliphatic rings.